The van der Waals surface area contributed by atoms with Gasteiger partial charge in [-0.05, 0) is 12.1 Å². The average Bonchev–Trinajstić information content (AvgIpc) is 2.32. The van der Waals surface area contributed by atoms with Gasteiger partial charge in [0.1, 0.15) is 12.4 Å². The Morgan fingerprint density at radius 1 is 1.15 bits per heavy atom. The van der Waals surface area contributed by atoms with Gasteiger partial charge in [0.05, 0.1) is 27.0 Å². The molecule has 9 heteroatoms. The second-order valence-corrected chi connectivity index (χ2v) is 4.10. The molecule has 0 aliphatic heterocycles. The van der Waals surface area contributed by atoms with E-state index >= 15 is 0 Å². The summed E-state index contributed by atoms with van der Waals surface area (Å²) in [6.07, 6.45) is 0.722. The normalized spacial score (nSPS) is 8.55. The van der Waals surface area contributed by atoms with Crippen LogP contribution in [0, 0.1) is 0 Å². The molecule has 0 unspecified atom stereocenters. The van der Waals surface area contributed by atoms with Crippen molar-refractivity contribution in [1.29, 1.82) is 0 Å². The van der Waals surface area contributed by atoms with E-state index in [1.165, 1.54) is 12.1 Å². The predicted molar refractivity (Wildman–Crippen MR) is 67.2 cm³/mol. The maximum atomic E-state index is 10.1. The van der Waals surface area contributed by atoms with E-state index < -0.39 is 18.5 Å². The molecule has 1 radical (unpaired) electrons. The van der Waals surface area contributed by atoms with E-state index in [-0.39, 0.29) is 37.9 Å². The Kier molecular flexibility index (Phi) is 11.6. The molecule has 1 rings (SSSR count). The second kappa shape index (κ2) is 10.8. The first-order chi connectivity index (χ1) is 8.77. The van der Waals surface area contributed by atoms with Gasteiger partial charge >= 0.3 is 17.1 Å². The molecule has 0 atom stereocenters. The quantitative estimate of drug-likeness (QED) is 0.430. The summed E-state index contributed by atoms with van der Waals surface area (Å²) in [6, 6.07) is 2.71. The number of carboxylic acid groups (broad SMARTS) is 2. The van der Waals surface area contributed by atoms with Crippen molar-refractivity contribution in [2.24, 2.45) is 0 Å². The van der Waals surface area contributed by atoms with Crippen LogP contribution in [0.1, 0.15) is 0 Å². The van der Waals surface area contributed by atoms with Crippen molar-refractivity contribution in [1.82, 2.24) is 0 Å². The number of benzene rings is 1. The SMILES string of the molecule is C=CC(=O)[O-].O=C([O-])COc1cc(Cl)c(Cl)cc1Cl.[Cu+2]. The number of hydrogen-bond donors (Lipinski definition) is 0. The van der Waals surface area contributed by atoms with Gasteiger partial charge in [-0.2, -0.15) is 0 Å². The van der Waals surface area contributed by atoms with Crippen LogP contribution in [0.15, 0.2) is 24.8 Å². The van der Waals surface area contributed by atoms with Crippen LogP contribution in [0.3, 0.4) is 0 Å². The fourth-order valence-corrected chi connectivity index (χ4v) is 1.34. The van der Waals surface area contributed by atoms with Crippen molar-refractivity contribution >= 4 is 46.7 Å². The molecular formula is C11H7Cl3CuO5. The third kappa shape index (κ3) is 9.07. The van der Waals surface area contributed by atoms with E-state index in [1.807, 2.05) is 0 Å². The molecule has 0 bridgehead atoms. The minimum absolute atomic E-state index is 0. The number of ether oxygens (including phenoxy) is 1. The van der Waals surface area contributed by atoms with Crippen LogP contribution in [0.5, 0.6) is 5.75 Å². The van der Waals surface area contributed by atoms with Gasteiger partial charge in [0.25, 0.3) is 0 Å². The van der Waals surface area contributed by atoms with E-state index in [0.29, 0.717) is 0 Å². The smallest absolute Gasteiger partial charge is 0.546 e. The summed E-state index contributed by atoms with van der Waals surface area (Å²) in [6.45, 7) is 2.31. The Bertz CT molecular complexity index is 493. The summed E-state index contributed by atoms with van der Waals surface area (Å²) >= 11 is 17.0. The Labute approximate surface area is 140 Å². The third-order valence-corrected chi connectivity index (χ3v) is 2.50. The first kappa shape index (κ1) is 21.4. The van der Waals surface area contributed by atoms with Crippen LogP contribution in [-0.4, -0.2) is 18.5 Å². The minimum atomic E-state index is -1.34. The molecule has 20 heavy (non-hydrogen) atoms. The summed E-state index contributed by atoms with van der Waals surface area (Å²) in [5, 5.41) is 19.9. The molecule has 1 aromatic carbocycles. The van der Waals surface area contributed by atoms with Crippen LogP contribution in [-0.2, 0) is 26.7 Å². The monoisotopic (exact) mass is 387 g/mol. The number of carbonyl (C=O) groups is 2. The molecule has 0 aliphatic rings. The number of carbonyl (C=O) groups excluding carboxylic acids is 2. The largest absolute Gasteiger partial charge is 2.00 e. The minimum Gasteiger partial charge on any atom is -0.546 e. The van der Waals surface area contributed by atoms with Gasteiger partial charge in [0, 0.05) is 6.07 Å². The zero-order chi connectivity index (χ0) is 15.0. The molecule has 0 heterocycles. The molecule has 5 nitrogen and oxygen atoms in total. The van der Waals surface area contributed by atoms with Crippen LogP contribution >= 0.6 is 34.8 Å². The number of aliphatic carboxylic acids is 2. The number of hydrogen-bond acceptors (Lipinski definition) is 5. The van der Waals surface area contributed by atoms with Gasteiger partial charge in [-0.1, -0.05) is 41.4 Å². The van der Waals surface area contributed by atoms with Gasteiger partial charge < -0.3 is 24.5 Å². The van der Waals surface area contributed by atoms with Crippen molar-refractivity contribution in [2.45, 2.75) is 0 Å². The van der Waals surface area contributed by atoms with E-state index in [2.05, 4.69) is 6.58 Å². The Hall–Kier alpha value is -0.911. The van der Waals surface area contributed by atoms with E-state index in [0.717, 1.165) is 6.08 Å². The first-order valence-electron chi connectivity index (χ1n) is 4.58. The number of halogens is 3. The van der Waals surface area contributed by atoms with Crippen LogP contribution < -0.4 is 14.9 Å². The second-order valence-electron chi connectivity index (χ2n) is 2.88. The molecule has 113 valence electrons. The first-order valence-corrected chi connectivity index (χ1v) is 5.72. The topological polar surface area (TPSA) is 89.5 Å². The van der Waals surface area contributed by atoms with Crippen LogP contribution in [0.25, 0.3) is 0 Å². The molecule has 0 saturated heterocycles. The summed E-state index contributed by atoms with van der Waals surface area (Å²) in [4.78, 5) is 19.2. The Balaban J connectivity index is 0. The molecule has 0 N–H and O–H groups in total. The zero-order valence-corrected chi connectivity index (χ0v) is 12.8. The van der Waals surface area contributed by atoms with Crippen molar-refractivity contribution in [3.8, 4) is 5.75 Å². The third-order valence-electron chi connectivity index (χ3n) is 1.49. The van der Waals surface area contributed by atoms with Crippen molar-refractivity contribution in [3.05, 3.63) is 39.9 Å². The maximum absolute atomic E-state index is 10.1. The predicted octanol–water partition coefficient (Wildman–Crippen LogP) is 0.695. The van der Waals surface area contributed by atoms with E-state index in [9.17, 15) is 9.90 Å². The molecule has 0 spiro atoms. The van der Waals surface area contributed by atoms with Gasteiger partial charge in [0.15, 0.2) is 0 Å². The fraction of sp³-hybridized carbons (Fsp3) is 0.0909. The zero-order valence-electron chi connectivity index (χ0n) is 9.62. The standard InChI is InChI=1S/C8H5Cl3O3.C3H4O2.Cu/c9-4-1-6(11)7(2-5(4)10)14-3-8(12)13;1-2-3(4)5;/h1-2H,3H2,(H,12,13);2H,1H2,(H,4,5);/q;;+2/p-2. The van der Waals surface area contributed by atoms with E-state index in [4.69, 9.17) is 49.4 Å². The molecule has 0 aliphatic carbocycles. The van der Waals surface area contributed by atoms with Gasteiger partial charge in [-0.15, -0.1) is 0 Å². The number of carboxylic acids is 2. The average molecular weight is 389 g/mol. The van der Waals surface area contributed by atoms with Crippen molar-refractivity contribution in [3.63, 3.8) is 0 Å². The van der Waals surface area contributed by atoms with Crippen LogP contribution in [0.4, 0.5) is 0 Å². The molecule has 0 amide bonds. The molecular weight excluding hydrogens is 382 g/mol. The van der Waals surface area contributed by atoms with Crippen molar-refractivity contribution < 1.29 is 41.6 Å². The van der Waals surface area contributed by atoms with Crippen molar-refractivity contribution in [2.75, 3.05) is 6.61 Å². The van der Waals surface area contributed by atoms with Gasteiger partial charge in [0.2, 0.25) is 0 Å². The van der Waals surface area contributed by atoms with Gasteiger partial charge in [-0.3, -0.25) is 0 Å². The summed E-state index contributed by atoms with van der Waals surface area (Å²) in [5.41, 5.74) is 0. The fourth-order valence-electron chi connectivity index (χ4n) is 0.752. The molecule has 0 aromatic heterocycles. The Morgan fingerprint density at radius 2 is 1.60 bits per heavy atom. The Morgan fingerprint density at radius 3 is 2.00 bits per heavy atom. The van der Waals surface area contributed by atoms with E-state index in [1.54, 1.807) is 0 Å². The summed E-state index contributed by atoms with van der Waals surface area (Å²) < 4.78 is 4.80. The van der Waals surface area contributed by atoms with Gasteiger partial charge in [-0.25, -0.2) is 0 Å². The molecule has 1 aromatic rings. The maximum Gasteiger partial charge on any atom is 2.00 e. The summed E-state index contributed by atoms with van der Waals surface area (Å²) in [5.74, 6) is -2.41. The van der Waals surface area contributed by atoms with Crippen LogP contribution in [0.2, 0.25) is 15.1 Å². The summed E-state index contributed by atoms with van der Waals surface area (Å²) in [7, 11) is 0. The molecule has 0 saturated carbocycles. The number of rotatable bonds is 4. The molecule has 0 fully saturated rings.